The van der Waals surface area contributed by atoms with Gasteiger partial charge in [-0.05, 0) is 47.2 Å². The van der Waals surface area contributed by atoms with E-state index in [2.05, 4.69) is 5.38 Å². The van der Waals surface area contributed by atoms with E-state index < -0.39 is 0 Å². The molecule has 82 valence electrons. The number of methoxy groups -OCH3 is 1. The molecule has 0 radical (unpaired) electrons. The molecule has 2 aromatic rings. The zero-order valence-electron chi connectivity index (χ0n) is 9.03. The van der Waals surface area contributed by atoms with Gasteiger partial charge in [-0.25, -0.2) is 4.79 Å². The number of esters is 1. The van der Waals surface area contributed by atoms with Crippen molar-refractivity contribution in [2.75, 3.05) is 7.11 Å². The van der Waals surface area contributed by atoms with Crippen molar-refractivity contribution in [2.24, 2.45) is 0 Å². The monoisotopic (exact) mass is 232 g/mol. The molecule has 1 saturated carbocycles. The van der Waals surface area contributed by atoms with E-state index in [9.17, 15) is 4.79 Å². The lowest BCUT2D eigenvalue weighted by atomic mass is 10.1. The predicted octanol–water partition coefficient (Wildman–Crippen LogP) is 3.57. The number of hydrogen-bond acceptors (Lipinski definition) is 3. The molecule has 3 heteroatoms. The van der Waals surface area contributed by atoms with E-state index in [4.69, 9.17) is 4.74 Å². The van der Waals surface area contributed by atoms with Crippen LogP contribution in [0.2, 0.25) is 0 Å². The lowest BCUT2D eigenvalue weighted by Crippen LogP contribution is -2.00. The number of benzene rings is 1. The molecule has 1 fully saturated rings. The predicted molar refractivity (Wildman–Crippen MR) is 65.1 cm³/mol. The molecule has 0 spiro atoms. The van der Waals surface area contributed by atoms with Gasteiger partial charge in [-0.3, -0.25) is 0 Å². The second kappa shape index (κ2) is 3.59. The van der Waals surface area contributed by atoms with Gasteiger partial charge in [0.15, 0.2) is 0 Å². The molecule has 0 N–H and O–H groups in total. The Kier molecular flexibility index (Phi) is 2.21. The quantitative estimate of drug-likeness (QED) is 0.740. The van der Waals surface area contributed by atoms with Gasteiger partial charge in [-0.1, -0.05) is 6.07 Å². The van der Waals surface area contributed by atoms with Crippen LogP contribution in [0.4, 0.5) is 0 Å². The smallest absolute Gasteiger partial charge is 0.337 e. The first-order chi connectivity index (χ1) is 7.79. The van der Waals surface area contributed by atoms with Crippen molar-refractivity contribution < 1.29 is 9.53 Å². The standard InChI is InChI=1S/C13H12O2S/c1-15-13(14)9-4-5-10-11(8-2-3-8)7-16-12(10)6-9/h4-8H,2-3H2,1H3. The molecule has 0 atom stereocenters. The third kappa shape index (κ3) is 1.52. The van der Waals surface area contributed by atoms with Gasteiger partial charge in [-0.15, -0.1) is 11.3 Å². The summed E-state index contributed by atoms with van der Waals surface area (Å²) in [5.74, 6) is 0.501. The summed E-state index contributed by atoms with van der Waals surface area (Å²) in [6, 6.07) is 5.83. The second-order valence-corrected chi connectivity index (χ2v) is 5.08. The number of thiophene rings is 1. The van der Waals surface area contributed by atoms with Crippen LogP contribution in [0.15, 0.2) is 23.6 Å². The molecule has 1 heterocycles. The number of hydrogen-bond donors (Lipinski definition) is 0. The van der Waals surface area contributed by atoms with Crippen LogP contribution in [-0.4, -0.2) is 13.1 Å². The van der Waals surface area contributed by atoms with Crippen LogP contribution < -0.4 is 0 Å². The van der Waals surface area contributed by atoms with Crippen molar-refractivity contribution in [1.82, 2.24) is 0 Å². The number of fused-ring (bicyclic) bond motifs is 1. The fourth-order valence-corrected chi connectivity index (χ4v) is 3.09. The summed E-state index contributed by atoms with van der Waals surface area (Å²) in [5.41, 5.74) is 2.09. The maximum atomic E-state index is 11.4. The summed E-state index contributed by atoms with van der Waals surface area (Å²) in [4.78, 5) is 11.4. The summed E-state index contributed by atoms with van der Waals surface area (Å²) in [7, 11) is 1.41. The fourth-order valence-electron chi connectivity index (χ4n) is 2.00. The SMILES string of the molecule is COC(=O)c1ccc2c(C3CC3)csc2c1. The zero-order chi connectivity index (χ0) is 11.1. The summed E-state index contributed by atoms with van der Waals surface area (Å²) in [6.45, 7) is 0. The molecule has 3 rings (SSSR count). The Morgan fingerprint density at radius 3 is 2.94 bits per heavy atom. The third-order valence-corrected chi connectivity index (χ3v) is 4.01. The molecule has 0 saturated heterocycles. The molecule has 1 aromatic heterocycles. The lowest BCUT2D eigenvalue weighted by molar-refractivity contribution is 0.0601. The topological polar surface area (TPSA) is 26.3 Å². The van der Waals surface area contributed by atoms with E-state index >= 15 is 0 Å². The van der Waals surface area contributed by atoms with Crippen LogP contribution in [0, 0.1) is 0 Å². The second-order valence-electron chi connectivity index (χ2n) is 4.17. The molecule has 16 heavy (non-hydrogen) atoms. The summed E-state index contributed by atoms with van der Waals surface area (Å²) in [6.07, 6.45) is 2.62. The maximum Gasteiger partial charge on any atom is 0.337 e. The highest BCUT2D eigenvalue weighted by atomic mass is 32.1. The van der Waals surface area contributed by atoms with Crippen LogP contribution in [0.5, 0.6) is 0 Å². The first-order valence-electron chi connectivity index (χ1n) is 5.39. The molecular formula is C13H12O2S. The van der Waals surface area contributed by atoms with Crippen molar-refractivity contribution in [3.63, 3.8) is 0 Å². The van der Waals surface area contributed by atoms with Gasteiger partial charge in [0.2, 0.25) is 0 Å². The van der Waals surface area contributed by atoms with Gasteiger partial charge in [0.05, 0.1) is 12.7 Å². The van der Waals surface area contributed by atoms with Gasteiger partial charge in [-0.2, -0.15) is 0 Å². The maximum absolute atomic E-state index is 11.4. The highest BCUT2D eigenvalue weighted by Crippen LogP contribution is 2.45. The highest BCUT2D eigenvalue weighted by molar-refractivity contribution is 7.17. The van der Waals surface area contributed by atoms with E-state index in [0.29, 0.717) is 5.56 Å². The number of ether oxygens (including phenoxy) is 1. The molecular weight excluding hydrogens is 220 g/mol. The molecule has 1 aliphatic rings. The Balaban J connectivity index is 2.09. The van der Waals surface area contributed by atoms with Crippen molar-refractivity contribution in [3.05, 3.63) is 34.7 Å². The van der Waals surface area contributed by atoms with E-state index in [0.717, 1.165) is 5.92 Å². The molecule has 0 bridgehead atoms. The average Bonchev–Trinajstić information content (AvgIpc) is 3.08. The number of rotatable bonds is 2. The van der Waals surface area contributed by atoms with Crippen molar-refractivity contribution >= 4 is 27.4 Å². The fraction of sp³-hybridized carbons (Fsp3) is 0.308. The molecule has 1 aliphatic carbocycles. The Morgan fingerprint density at radius 2 is 2.25 bits per heavy atom. The van der Waals surface area contributed by atoms with Crippen molar-refractivity contribution in [1.29, 1.82) is 0 Å². The van der Waals surface area contributed by atoms with Gasteiger partial charge >= 0.3 is 5.97 Å². The largest absolute Gasteiger partial charge is 0.465 e. The zero-order valence-corrected chi connectivity index (χ0v) is 9.84. The average molecular weight is 232 g/mol. The lowest BCUT2D eigenvalue weighted by Gasteiger charge is -2.00. The van der Waals surface area contributed by atoms with E-state index in [-0.39, 0.29) is 5.97 Å². The minimum absolute atomic E-state index is 0.261. The van der Waals surface area contributed by atoms with Gasteiger partial charge in [0.25, 0.3) is 0 Å². The van der Waals surface area contributed by atoms with E-state index in [1.807, 2.05) is 18.2 Å². The molecule has 0 aliphatic heterocycles. The first kappa shape index (κ1) is 9.85. The van der Waals surface area contributed by atoms with Gasteiger partial charge < -0.3 is 4.74 Å². The van der Waals surface area contributed by atoms with E-state index in [1.54, 1.807) is 11.3 Å². The summed E-state index contributed by atoms with van der Waals surface area (Å²) < 4.78 is 5.90. The molecule has 0 amide bonds. The van der Waals surface area contributed by atoms with Crippen LogP contribution in [0.1, 0.15) is 34.7 Å². The Bertz CT molecular complexity index is 552. The molecule has 0 unspecified atom stereocenters. The van der Waals surface area contributed by atoms with Crippen LogP contribution in [0.3, 0.4) is 0 Å². The first-order valence-corrected chi connectivity index (χ1v) is 6.27. The minimum Gasteiger partial charge on any atom is -0.465 e. The Labute approximate surface area is 97.8 Å². The summed E-state index contributed by atoms with van der Waals surface area (Å²) in [5, 5.41) is 3.53. The van der Waals surface area contributed by atoms with Gasteiger partial charge in [0.1, 0.15) is 0 Å². The molecule has 1 aromatic carbocycles. The van der Waals surface area contributed by atoms with Crippen LogP contribution in [-0.2, 0) is 4.74 Å². The van der Waals surface area contributed by atoms with Crippen molar-refractivity contribution in [2.45, 2.75) is 18.8 Å². The normalized spacial score (nSPS) is 15.3. The molecule has 2 nitrogen and oxygen atoms in total. The Hall–Kier alpha value is -1.35. The summed E-state index contributed by atoms with van der Waals surface area (Å²) >= 11 is 1.72. The highest BCUT2D eigenvalue weighted by Gasteiger charge is 2.26. The number of carbonyl (C=O) groups is 1. The van der Waals surface area contributed by atoms with E-state index in [1.165, 1.54) is 35.6 Å². The minimum atomic E-state index is -0.261. The third-order valence-electron chi connectivity index (χ3n) is 3.04. The van der Waals surface area contributed by atoms with Crippen LogP contribution >= 0.6 is 11.3 Å². The van der Waals surface area contributed by atoms with Gasteiger partial charge in [0, 0.05) is 4.70 Å². The van der Waals surface area contributed by atoms with Crippen molar-refractivity contribution in [3.8, 4) is 0 Å². The number of carbonyl (C=O) groups excluding carboxylic acids is 1. The Morgan fingerprint density at radius 1 is 1.44 bits per heavy atom. The van der Waals surface area contributed by atoms with Crippen LogP contribution in [0.25, 0.3) is 10.1 Å².